The molecule has 0 saturated carbocycles. The normalized spacial score (nSPS) is 10.9. The van der Waals surface area contributed by atoms with Crippen LogP contribution in [0.15, 0.2) is 48.7 Å². The van der Waals surface area contributed by atoms with Crippen LogP contribution in [0.3, 0.4) is 0 Å². The number of hydrogen-bond acceptors (Lipinski definition) is 0. The lowest BCUT2D eigenvalue weighted by atomic mass is 10.0. The first-order valence-electron chi connectivity index (χ1n) is 5.58. The molecule has 0 saturated heterocycles. The van der Waals surface area contributed by atoms with Crippen LogP contribution in [-0.2, 0) is 0 Å². The molecule has 2 heteroatoms. The minimum absolute atomic E-state index is 0.203. The molecule has 0 aliphatic carbocycles. The number of nitrogens with one attached hydrogen (secondary N) is 1. The third-order valence-corrected chi connectivity index (χ3v) is 3.05. The maximum absolute atomic E-state index is 13.2. The average molecular weight is 225 g/mol. The second kappa shape index (κ2) is 3.74. The summed E-state index contributed by atoms with van der Waals surface area (Å²) >= 11 is 0. The summed E-state index contributed by atoms with van der Waals surface area (Å²) in [6, 6.07) is 12.8. The van der Waals surface area contributed by atoms with Crippen molar-refractivity contribution in [2.45, 2.75) is 6.92 Å². The van der Waals surface area contributed by atoms with Crippen molar-refractivity contribution < 1.29 is 4.39 Å². The van der Waals surface area contributed by atoms with Gasteiger partial charge in [0.2, 0.25) is 0 Å². The van der Waals surface area contributed by atoms with E-state index in [0.717, 1.165) is 16.6 Å². The van der Waals surface area contributed by atoms with Gasteiger partial charge in [0.1, 0.15) is 5.82 Å². The van der Waals surface area contributed by atoms with Gasteiger partial charge in [0, 0.05) is 17.1 Å². The van der Waals surface area contributed by atoms with Gasteiger partial charge in [0.25, 0.3) is 0 Å². The van der Waals surface area contributed by atoms with Crippen LogP contribution < -0.4 is 0 Å². The van der Waals surface area contributed by atoms with Crippen molar-refractivity contribution in [3.05, 3.63) is 60.0 Å². The first kappa shape index (κ1) is 10.1. The van der Waals surface area contributed by atoms with Gasteiger partial charge in [0.15, 0.2) is 0 Å². The number of fused-ring (bicyclic) bond motifs is 1. The Morgan fingerprint density at radius 1 is 1.00 bits per heavy atom. The lowest BCUT2D eigenvalue weighted by molar-refractivity contribution is 0.628. The van der Waals surface area contributed by atoms with Crippen molar-refractivity contribution in [1.82, 2.24) is 4.98 Å². The van der Waals surface area contributed by atoms with Crippen LogP contribution in [0.1, 0.15) is 5.56 Å². The highest BCUT2D eigenvalue weighted by atomic mass is 19.1. The van der Waals surface area contributed by atoms with E-state index in [1.54, 1.807) is 12.1 Å². The number of halogens is 1. The van der Waals surface area contributed by atoms with E-state index in [9.17, 15) is 4.39 Å². The molecular formula is C15H12FN. The Balaban J connectivity index is 2.18. The molecule has 3 rings (SSSR count). The van der Waals surface area contributed by atoms with Crippen molar-refractivity contribution in [2.24, 2.45) is 0 Å². The highest BCUT2D eigenvalue weighted by Crippen LogP contribution is 2.25. The van der Waals surface area contributed by atoms with Crippen LogP contribution in [0, 0.1) is 12.7 Å². The first-order valence-corrected chi connectivity index (χ1v) is 5.58. The molecule has 0 fully saturated rings. The Labute approximate surface area is 98.9 Å². The largest absolute Gasteiger partial charge is 0.361 e. The molecule has 0 amide bonds. The molecule has 1 nitrogen and oxygen atoms in total. The van der Waals surface area contributed by atoms with Gasteiger partial charge in [-0.15, -0.1) is 0 Å². The Morgan fingerprint density at radius 2 is 1.82 bits per heavy atom. The summed E-state index contributed by atoms with van der Waals surface area (Å²) in [6.45, 7) is 2.07. The van der Waals surface area contributed by atoms with E-state index in [2.05, 4.69) is 24.0 Å². The van der Waals surface area contributed by atoms with Crippen molar-refractivity contribution in [3.63, 3.8) is 0 Å². The highest BCUT2D eigenvalue weighted by Gasteiger charge is 2.03. The number of aromatic amines is 1. The molecule has 2 aromatic carbocycles. The molecule has 0 unspecified atom stereocenters. The Morgan fingerprint density at radius 3 is 2.65 bits per heavy atom. The predicted molar refractivity (Wildman–Crippen MR) is 68.4 cm³/mol. The van der Waals surface area contributed by atoms with Gasteiger partial charge in [-0.2, -0.15) is 0 Å². The molecule has 1 heterocycles. The summed E-state index contributed by atoms with van der Waals surface area (Å²) in [7, 11) is 0. The predicted octanol–water partition coefficient (Wildman–Crippen LogP) is 4.28. The van der Waals surface area contributed by atoms with Gasteiger partial charge in [-0.3, -0.25) is 0 Å². The van der Waals surface area contributed by atoms with E-state index < -0.39 is 0 Å². The van der Waals surface area contributed by atoms with E-state index in [-0.39, 0.29) is 5.82 Å². The topological polar surface area (TPSA) is 15.8 Å². The van der Waals surface area contributed by atoms with Gasteiger partial charge in [-0.25, -0.2) is 4.39 Å². The molecule has 1 N–H and O–H groups in total. The summed E-state index contributed by atoms with van der Waals surface area (Å²) in [5.41, 5.74) is 4.24. The molecule has 3 aromatic rings. The third-order valence-electron chi connectivity index (χ3n) is 3.05. The highest BCUT2D eigenvalue weighted by molar-refractivity contribution is 5.87. The van der Waals surface area contributed by atoms with E-state index in [4.69, 9.17) is 0 Å². The van der Waals surface area contributed by atoms with Crippen LogP contribution in [0.2, 0.25) is 0 Å². The second-order valence-electron chi connectivity index (χ2n) is 4.24. The van der Waals surface area contributed by atoms with Crippen molar-refractivity contribution in [3.8, 4) is 11.1 Å². The molecule has 0 aliphatic rings. The number of H-pyrrole nitrogens is 1. The van der Waals surface area contributed by atoms with Gasteiger partial charge in [-0.05, 0) is 41.8 Å². The van der Waals surface area contributed by atoms with Crippen LogP contribution in [0.5, 0.6) is 0 Å². The minimum atomic E-state index is -0.203. The summed E-state index contributed by atoms with van der Waals surface area (Å²) in [5, 5.41) is 1.21. The third kappa shape index (κ3) is 1.72. The lowest BCUT2D eigenvalue weighted by Gasteiger charge is -2.02. The second-order valence-corrected chi connectivity index (χ2v) is 4.24. The Kier molecular flexibility index (Phi) is 2.22. The number of aryl methyl sites for hydroxylation is 1. The maximum Gasteiger partial charge on any atom is 0.123 e. The Bertz CT molecular complexity index is 682. The summed E-state index contributed by atoms with van der Waals surface area (Å²) in [5.74, 6) is -0.203. The van der Waals surface area contributed by atoms with Crippen molar-refractivity contribution >= 4 is 10.9 Å². The molecule has 17 heavy (non-hydrogen) atoms. The van der Waals surface area contributed by atoms with Gasteiger partial charge in [0.05, 0.1) is 0 Å². The summed E-state index contributed by atoms with van der Waals surface area (Å²) in [4.78, 5) is 3.22. The summed E-state index contributed by atoms with van der Waals surface area (Å²) < 4.78 is 13.2. The van der Waals surface area contributed by atoms with Crippen molar-refractivity contribution in [2.75, 3.05) is 0 Å². The fourth-order valence-corrected chi connectivity index (χ4v) is 2.12. The fraction of sp³-hybridized carbons (Fsp3) is 0.0667. The van der Waals surface area contributed by atoms with Crippen molar-refractivity contribution in [1.29, 1.82) is 0 Å². The molecule has 1 aromatic heterocycles. The molecule has 84 valence electrons. The molecule has 0 spiro atoms. The van der Waals surface area contributed by atoms with Crippen LogP contribution in [0.4, 0.5) is 4.39 Å². The van der Waals surface area contributed by atoms with Crippen LogP contribution >= 0.6 is 0 Å². The Hall–Kier alpha value is -2.09. The SMILES string of the molecule is Cc1c[nH]c2cc(-c3cccc(F)c3)ccc12. The van der Waals surface area contributed by atoms with Gasteiger partial charge >= 0.3 is 0 Å². The zero-order chi connectivity index (χ0) is 11.8. The molecule has 0 bridgehead atoms. The van der Waals surface area contributed by atoms with E-state index in [1.807, 2.05) is 18.3 Å². The number of aromatic nitrogens is 1. The number of benzene rings is 2. The van der Waals surface area contributed by atoms with Gasteiger partial charge < -0.3 is 4.98 Å². The molecular weight excluding hydrogens is 213 g/mol. The zero-order valence-corrected chi connectivity index (χ0v) is 9.50. The van der Waals surface area contributed by atoms with Gasteiger partial charge in [-0.1, -0.05) is 24.3 Å². The standard InChI is InChI=1S/C15H12FN/c1-10-9-17-15-8-12(5-6-14(10)15)11-3-2-4-13(16)7-11/h2-9,17H,1H3. The quantitative estimate of drug-likeness (QED) is 0.636. The first-order chi connectivity index (χ1) is 8.24. The minimum Gasteiger partial charge on any atom is -0.361 e. The average Bonchev–Trinajstić information content (AvgIpc) is 2.71. The maximum atomic E-state index is 13.2. The number of hydrogen-bond donors (Lipinski definition) is 1. The van der Waals surface area contributed by atoms with E-state index in [0.29, 0.717) is 0 Å². The lowest BCUT2D eigenvalue weighted by Crippen LogP contribution is -1.80. The van der Waals surface area contributed by atoms with Crippen LogP contribution in [-0.4, -0.2) is 4.98 Å². The van der Waals surface area contributed by atoms with Crippen LogP contribution in [0.25, 0.3) is 22.0 Å². The monoisotopic (exact) mass is 225 g/mol. The van der Waals surface area contributed by atoms with E-state index >= 15 is 0 Å². The zero-order valence-electron chi connectivity index (χ0n) is 9.50. The fourth-order valence-electron chi connectivity index (χ4n) is 2.12. The summed E-state index contributed by atoms with van der Waals surface area (Å²) in [6.07, 6.45) is 1.99. The molecule has 0 radical (unpaired) electrons. The smallest absolute Gasteiger partial charge is 0.123 e. The number of rotatable bonds is 1. The molecule has 0 aliphatic heterocycles. The molecule has 0 atom stereocenters. The van der Waals surface area contributed by atoms with E-state index in [1.165, 1.54) is 17.0 Å².